The SMILES string of the molecule is O=C(O)c1cccc(-c2cccc(-c3ccccc3)c2)n1. The zero-order valence-corrected chi connectivity index (χ0v) is 11.2. The number of pyridine rings is 1. The molecule has 1 heterocycles. The molecule has 0 aliphatic heterocycles. The number of aromatic nitrogens is 1. The van der Waals surface area contributed by atoms with Crippen LogP contribution in [-0.2, 0) is 0 Å². The second kappa shape index (κ2) is 5.59. The monoisotopic (exact) mass is 275 g/mol. The van der Waals surface area contributed by atoms with Crippen LogP contribution >= 0.6 is 0 Å². The summed E-state index contributed by atoms with van der Waals surface area (Å²) in [4.78, 5) is 15.2. The van der Waals surface area contributed by atoms with Crippen molar-refractivity contribution in [3.05, 3.63) is 78.5 Å². The predicted octanol–water partition coefficient (Wildman–Crippen LogP) is 4.11. The topological polar surface area (TPSA) is 50.2 Å². The number of hydrogen-bond donors (Lipinski definition) is 1. The van der Waals surface area contributed by atoms with Gasteiger partial charge in [0.25, 0.3) is 0 Å². The van der Waals surface area contributed by atoms with Gasteiger partial charge in [0.2, 0.25) is 0 Å². The number of rotatable bonds is 3. The number of benzene rings is 2. The van der Waals surface area contributed by atoms with Crippen molar-refractivity contribution in [1.82, 2.24) is 4.98 Å². The maximum absolute atomic E-state index is 11.0. The number of carboxylic acids is 1. The average Bonchev–Trinajstić information content (AvgIpc) is 2.56. The quantitative estimate of drug-likeness (QED) is 0.782. The van der Waals surface area contributed by atoms with E-state index in [-0.39, 0.29) is 5.69 Å². The van der Waals surface area contributed by atoms with Gasteiger partial charge in [-0.05, 0) is 29.3 Å². The van der Waals surface area contributed by atoms with Crippen LogP contribution in [0.1, 0.15) is 10.5 Å². The van der Waals surface area contributed by atoms with Gasteiger partial charge in [0, 0.05) is 5.56 Å². The summed E-state index contributed by atoms with van der Waals surface area (Å²) < 4.78 is 0. The van der Waals surface area contributed by atoms with Gasteiger partial charge < -0.3 is 5.11 Å². The fourth-order valence-electron chi connectivity index (χ4n) is 2.20. The van der Waals surface area contributed by atoms with Crippen molar-refractivity contribution >= 4 is 5.97 Å². The Morgan fingerprint density at radius 1 is 0.762 bits per heavy atom. The molecule has 1 aromatic heterocycles. The van der Waals surface area contributed by atoms with E-state index in [2.05, 4.69) is 4.98 Å². The molecule has 0 saturated heterocycles. The summed E-state index contributed by atoms with van der Waals surface area (Å²) in [5.74, 6) is -1.02. The molecule has 3 nitrogen and oxygen atoms in total. The summed E-state index contributed by atoms with van der Waals surface area (Å²) in [7, 11) is 0. The van der Waals surface area contributed by atoms with Crippen LogP contribution in [0.5, 0.6) is 0 Å². The predicted molar refractivity (Wildman–Crippen MR) is 82.1 cm³/mol. The first-order chi connectivity index (χ1) is 10.2. The zero-order valence-electron chi connectivity index (χ0n) is 11.2. The third kappa shape index (κ3) is 2.82. The van der Waals surface area contributed by atoms with E-state index in [0.717, 1.165) is 16.7 Å². The van der Waals surface area contributed by atoms with Gasteiger partial charge in [-0.25, -0.2) is 9.78 Å². The van der Waals surface area contributed by atoms with Crippen LogP contribution in [0.25, 0.3) is 22.4 Å². The van der Waals surface area contributed by atoms with Crippen LogP contribution in [-0.4, -0.2) is 16.1 Å². The van der Waals surface area contributed by atoms with E-state index in [1.54, 1.807) is 6.07 Å². The van der Waals surface area contributed by atoms with E-state index in [0.29, 0.717) is 5.69 Å². The van der Waals surface area contributed by atoms with Gasteiger partial charge in [-0.15, -0.1) is 0 Å². The Kier molecular flexibility index (Phi) is 3.48. The second-order valence-electron chi connectivity index (χ2n) is 4.66. The highest BCUT2D eigenvalue weighted by molar-refractivity contribution is 5.86. The summed E-state index contributed by atoms with van der Waals surface area (Å²) in [5, 5.41) is 9.03. The maximum Gasteiger partial charge on any atom is 0.354 e. The van der Waals surface area contributed by atoms with Gasteiger partial charge in [-0.3, -0.25) is 0 Å². The molecule has 3 rings (SSSR count). The Morgan fingerprint density at radius 2 is 1.43 bits per heavy atom. The Morgan fingerprint density at radius 3 is 2.19 bits per heavy atom. The Labute approximate surface area is 122 Å². The van der Waals surface area contributed by atoms with Gasteiger partial charge in [-0.2, -0.15) is 0 Å². The summed E-state index contributed by atoms with van der Waals surface area (Å²) in [6, 6.07) is 23.0. The van der Waals surface area contributed by atoms with Crippen molar-refractivity contribution in [2.24, 2.45) is 0 Å². The van der Waals surface area contributed by atoms with E-state index >= 15 is 0 Å². The van der Waals surface area contributed by atoms with Crippen LogP contribution in [0.3, 0.4) is 0 Å². The van der Waals surface area contributed by atoms with E-state index in [4.69, 9.17) is 5.11 Å². The number of nitrogens with zero attached hydrogens (tertiary/aromatic N) is 1. The molecule has 0 fully saturated rings. The lowest BCUT2D eigenvalue weighted by molar-refractivity contribution is 0.0690. The lowest BCUT2D eigenvalue weighted by Gasteiger charge is -2.06. The van der Waals surface area contributed by atoms with Crippen molar-refractivity contribution in [1.29, 1.82) is 0 Å². The summed E-state index contributed by atoms with van der Waals surface area (Å²) in [6.45, 7) is 0. The summed E-state index contributed by atoms with van der Waals surface area (Å²) in [5.41, 5.74) is 3.81. The van der Waals surface area contributed by atoms with Crippen molar-refractivity contribution in [2.45, 2.75) is 0 Å². The molecule has 3 aromatic rings. The minimum atomic E-state index is -1.02. The molecular weight excluding hydrogens is 262 g/mol. The molecule has 2 aromatic carbocycles. The number of carbonyl (C=O) groups is 1. The van der Waals surface area contributed by atoms with Crippen LogP contribution in [0.2, 0.25) is 0 Å². The smallest absolute Gasteiger partial charge is 0.354 e. The number of carboxylic acid groups (broad SMARTS) is 1. The van der Waals surface area contributed by atoms with Crippen molar-refractivity contribution in [3.8, 4) is 22.4 Å². The van der Waals surface area contributed by atoms with Crippen LogP contribution < -0.4 is 0 Å². The zero-order chi connectivity index (χ0) is 14.7. The first kappa shape index (κ1) is 13.1. The Bertz CT molecular complexity index is 782. The van der Waals surface area contributed by atoms with Crippen molar-refractivity contribution in [2.75, 3.05) is 0 Å². The van der Waals surface area contributed by atoms with Gasteiger partial charge in [-0.1, -0.05) is 54.6 Å². The largest absolute Gasteiger partial charge is 0.477 e. The van der Waals surface area contributed by atoms with Gasteiger partial charge in [0.1, 0.15) is 5.69 Å². The van der Waals surface area contributed by atoms with E-state index in [1.165, 1.54) is 6.07 Å². The summed E-state index contributed by atoms with van der Waals surface area (Å²) in [6.07, 6.45) is 0. The highest BCUT2D eigenvalue weighted by atomic mass is 16.4. The average molecular weight is 275 g/mol. The normalized spacial score (nSPS) is 10.3. The molecule has 0 aliphatic rings. The molecule has 0 unspecified atom stereocenters. The standard InChI is InChI=1S/C18H13NO2/c20-18(21)17-11-5-10-16(19-17)15-9-4-8-14(12-15)13-6-2-1-3-7-13/h1-12H,(H,20,21). The Hall–Kier alpha value is -2.94. The lowest BCUT2D eigenvalue weighted by Crippen LogP contribution is -2.00. The molecule has 1 N–H and O–H groups in total. The van der Waals surface area contributed by atoms with Gasteiger partial charge >= 0.3 is 5.97 Å². The van der Waals surface area contributed by atoms with Crippen molar-refractivity contribution in [3.63, 3.8) is 0 Å². The molecule has 0 radical (unpaired) electrons. The fraction of sp³-hybridized carbons (Fsp3) is 0. The summed E-state index contributed by atoms with van der Waals surface area (Å²) >= 11 is 0. The van der Waals surface area contributed by atoms with E-state index in [9.17, 15) is 4.79 Å². The van der Waals surface area contributed by atoms with Crippen LogP contribution in [0, 0.1) is 0 Å². The highest BCUT2D eigenvalue weighted by Crippen LogP contribution is 2.25. The Balaban J connectivity index is 2.04. The minimum Gasteiger partial charge on any atom is -0.477 e. The first-order valence-electron chi connectivity index (χ1n) is 6.60. The van der Waals surface area contributed by atoms with Crippen LogP contribution in [0.15, 0.2) is 72.8 Å². The molecule has 3 heteroatoms. The third-order valence-electron chi connectivity index (χ3n) is 3.23. The van der Waals surface area contributed by atoms with Crippen LogP contribution in [0.4, 0.5) is 0 Å². The lowest BCUT2D eigenvalue weighted by atomic mass is 10.0. The third-order valence-corrected chi connectivity index (χ3v) is 3.23. The molecule has 0 spiro atoms. The molecule has 0 bridgehead atoms. The second-order valence-corrected chi connectivity index (χ2v) is 4.66. The van der Waals surface area contributed by atoms with Gasteiger partial charge in [0.15, 0.2) is 0 Å². The maximum atomic E-state index is 11.0. The van der Waals surface area contributed by atoms with Crippen molar-refractivity contribution < 1.29 is 9.90 Å². The van der Waals surface area contributed by atoms with E-state index in [1.807, 2.05) is 60.7 Å². The molecule has 0 amide bonds. The fourth-order valence-corrected chi connectivity index (χ4v) is 2.20. The first-order valence-corrected chi connectivity index (χ1v) is 6.60. The highest BCUT2D eigenvalue weighted by Gasteiger charge is 2.07. The molecule has 0 aliphatic carbocycles. The van der Waals surface area contributed by atoms with E-state index < -0.39 is 5.97 Å². The minimum absolute atomic E-state index is 0.0533. The van der Waals surface area contributed by atoms with Gasteiger partial charge in [0.05, 0.1) is 5.69 Å². The molecule has 0 atom stereocenters. The molecular formula is C18H13NO2. The molecule has 0 saturated carbocycles. The molecule has 21 heavy (non-hydrogen) atoms. The number of hydrogen-bond acceptors (Lipinski definition) is 2. The molecule has 102 valence electrons. The number of aromatic carboxylic acids is 1.